The van der Waals surface area contributed by atoms with Crippen LogP contribution in [0.15, 0.2) is 0 Å². The fourth-order valence-electron chi connectivity index (χ4n) is 3.82. The molecule has 0 aromatic carbocycles. The van der Waals surface area contributed by atoms with Gasteiger partial charge in [-0.2, -0.15) is 0 Å². The van der Waals surface area contributed by atoms with E-state index in [2.05, 4.69) is 7.05 Å². The smallest absolute Gasteiger partial charge is 0.307 e. The van der Waals surface area contributed by atoms with E-state index in [4.69, 9.17) is 10.5 Å². The number of hydrogen-bond donors (Lipinski definition) is 1. The fraction of sp³-hybridized carbons (Fsp3) is 0.929. The lowest BCUT2D eigenvalue weighted by molar-refractivity contribution is -0.947. The molecule has 0 spiro atoms. The molecule has 2 saturated heterocycles. The largest absolute Gasteiger partial charge is 0.465 e. The van der Waals surface area contributed by atoms with Gasteiger partial charge in [-0.25, -0.2) is 0 Å². The average molecular weight is 255 g/mol. The minimum absolute atomic E-state index is 0.131. The zero-order valence-electron chi connectivity index (χ0n) is 11.6. The molecule has 3 atom stereocenters. The van der Waals surface area contributed by atoms with Crippen LogP contribution < -0.4 is 5.73 Å². The van der Waals surface area contributed by atoms with Crippen molar-refractivity contribution in [3.63, 3.8) is 0 Å². The first-order chi connectivity index (χ1) is 8.65. The van der Waals surface area contributed by atoms with E-state index in [0.29, 0.717) is 31.5 Å². The Morgan fingerprint density at radius 2 is 2.06 bits per heavy atom. The lowest BCUT2D eigenvalue weighted by Crippen LogP contribution is -2.61. The van der Waals surface area contributed by atoms with Gasteiger partial charge in [0, 0.05) is 18.9 Å². The van der Waals surface area contributed by atoms with Gasteiger partial charge in [0.25, 0.3) is 0 Å². The Balaban J connectivity index is 1.89. The number of fused-ring (bicyclic) bond motifs is 1. The molecule has 0 bridgehead atoms. The summed E-state index contributed by atoms with van der Waals surface area (Å²) in [7, 11) is 2.39. The topological polar surface area (TPSA) is 52.3 Å². The fourth-order valence-corrected chi connectivity index (χ4v) is 3.82. The number of carbonyl (C=O) groups is 1. The second kappa shape index (κ2) is 6.02. The number of carbonyl (C=O) groups excluding carboxylic acids is 1. The number of nitrogens with zero attached hydrogens (tertiary/aromatic N) is 1. The zero-order chi connectivity index (χ0) is 13.0. The van der Waals surface area contributed by atoms with E-state index in [0.717, 1.165) is 0 Å². The van der Waals surface area contributed by atoms with Crippen LogP contribution in [-0.4, -0.2) is 49.8 Å². The van der Waals surface area contributed by atoms with E-state index in [9.17, 15) is 4.79 Å². The number of ether oxygens (including phenoxy) is 1. The molecule has 2 fully saturated rings. The molecular weight excluding hydrogens is 228 g/mol. The summed E-state index contributed by atoms with van der Waals surface area (Å²) in [5, 5.41) is 0. The van der Waals surface area contributed by atoms with E-state index in [1.54, 1.807) is 0 Å². The maximum atomic E-state index is 11.4. The number of nitrogens with two attached hydrogens (primary N) is 1. The van der Waals surface area contributed by atoms with Crippen molar-refractivity contribution in [2.24, 2.45) is 11.7 Å². The van der Waals surface area contributed by atoms with Gasteiger partial charge in [0.1, 0.15) is 0 Å². The summed E-state index contributed by atoms with van der Waals surface area (Å²) in [5.74, 6) is 0.430. The van der Waals surface area contributed by atoms with Gasteiger partial charge in [0.05, 0.1) is 39.2 Å². The number of esters is 1. The summed E-state index contributed by atoms with van der Waals surface area (Å²) in [4.78, 5) is 11.4. The van der Waals surface area contributed by atoms with Gasteiger partial charge in [-0.1, -0.05) is 0 Å². The Labute approximate surface area is 110 Å². The first kappa shape index (κ1) is 13.8. The van der Waals surface area contributed by atoms with Crippen LogP contribution in [0.3, 0.4) is 0 Å². The van der Waals surface area contributed by atoms with Crippen LogP contribution in [0, 0.1) is 5.92 Å². The predicted octanol–water partition coefficient (Wildman–Crippen LogP) is 1.29. The minimum Gasteiger partial charge on any atom is -0.465 e. The standard InChI is InChI=1S/C14H27N2O2/c1-16-9-3-2-6-13(16)12(5-4-10-16)11-18-14(17)7-8-15/h12-13H,2-11,15H2,1H3/q+1. The lowest BCUT2D eigenvalue weighted by Gasteiger charge is -2.51. The molecule has 3 unspecified atom stereocenters. The van der Waals surface area contributed by atoms with Gasteiger partial charge in [0.15, 0.2) is 0 Å². The van der Waals surface area contributed by atoms with Crippen molar-refractivity contribution in [3.05, 3.63) is 0 Å². The third-order valence-electron chi connectivity index (χ3n) is 4.81. The Hall–Kier alpha value is -0.610. The SMILES string of the molecule is C[N+]12CCCCC1C(COC(=O)CCN)CCC2. The maximum absolute atomic E-state index is 11.4. The van der Waals surface area contributed by atoms with Crippen LogP contribution in [0.5, 0.6) is 0 Å². The molecule has 4 nitrogen and oxygen atoms in total. The predicted molar refractivity (Wildman–Crippen MR) is 70.9 cm³/mol. The molecule has 0 saturated carbocycles. The van der Waals surface area contributed by atoms with Gasteiger partial charge in [-0.15, -0.1) is 0 Å². The second-order valence-electron chi connectivity index (χ2n) is 6.11. The van der Waals surface area contributed by atoms with Gasteiger partial charge in [-0.3, -0.25) is 4.79 Å². The zero-order valence-corrected chi connectivity index (χ0v) is 11.6. The van der Waals surface area contributed by atoms with Crippen molar-refractivity contribution in [2.45, 2.75) is 44.6 Å². The number of piperidine rings is 2. The van der Waals surface area contributed by atoms with Gasteiger partial charge in [-0.05, 0) is 25.7 Å². The lowest BCUT2D eigenvalue weighted by atomic mass is 9.82. The summed E-state index contributed by atoms with van der Waals surface area (Å²) >= 11 is 0. The highest BCUT2D eigenvalue weighted by Gasteiger charge is 2.43. The minimum atomic E-state index is -0.131. The van der Waals surface area contributed by atoms with Crippen molar-refractivity contribution in [2.75, 3.05) is 33.3 Å². The molecule has 4 heteroatoms. The van der Waals surface area contributed by atoms with E-state index in [1.807, 2.05) is 0 Å². The Kier molecular flexibility index (Phi) is 4.62. The average Bonchev–Trinajstić information content (AvgIpc) is 2.35. The number of rotatable bonds is 4. The summed E-state index contributed by atoms with van der Waals surface area (Å²) < 4.78 is 6.59. The monoisotopic (exact) mass is 255 g/mol. The summed E-state index contributed by atoms with van der Waals surface area (Å²) in [6.07, 6.45) is 6.83. The van der Waals surface area contributed by atoms with Crippen LogP contribution in [0.4, 0.5) is 0 Å². The molecule has 104 valence electrons. The third kappa shape index (κ3) is 3.04. The van der Waals surface area contributed by atoms with E-state index in [1.165, 1.54) is 49.7 Å². The van der Waals surface area contributed by atoms with Crippen molar-refractivity contribution >= 4 is 5.97 Å². The molecule has 2 aliphatic heterocycles. The second-order valence-corrected chi connectivity index (χ2v) is 6.11. The molecule has 18 heavy (non-hydrogen) atoms. The Morgan fingerprint density at radius 3 is 2.83 bits per heavy atom. The van der Waals surface area contributed by atoms with Crippen LogP contribution >= 0.6 is 0 Å². The highest BCUT2D eigenvalue weighted by Crippen LogP contribution is 2.36. The molecule has 2 N–H and O–H groups in total. The van der Waals surface area contributed by atoms with Crippen LogP contribution in [0.25, 0.3) is 0 Å². The molecule has 2 rings (SSSR count). The molecule has 0 aliphatic carbocycles. The quantitative estimate of drug-likeness (QED) is 0.608. The van der Waals surface area contributed by atoms with Crippen LogP contribution in [-0.2, 0) is 9.53 Å². The summed E-state index contributed by atoms with van der Waals surface area (Å²) in [5.41, 5.74) is 5.36. The maximum Gasteiger partial charge on any atom is 0.307 e. The third-order valence-corrected chi connectivity index (χ3v) is 4.81. The normalized spacial score (nSPS) is 35.9. The van der Waals surface area contributed by atoms with Gasteiger partial charge >= 0.3 is 5.97 Å². The Morgan fingerprint density at radius 1 is 1.28 bits per heavy atom. The van der Waals surface area contributed by atoms with Crippen LogP contribution in [0.2, 0.25) is 0 Å². The van der Waals surface area contributed by atoms with Gasteiger partial charge < -0.3 is 15.0 Å². The molecule has 0 aromatic rings. The number of quaternary nitrogens is 1. The molecule has 0 aromatic heterocycles. The highest BCUT2D eigenvalue weighted by atomic mass is 16.5. The molecule has 2 aliphatic rings. The molecular formula is C14H27N2O2+. The first-order valence-corrected chi connectivity index (χ1v) is 7.35. The first-order valence-electron chi connectivity index (χ1n) is 7.35. The van der Waals surface area contributed by atoms with Crippen LogP contribution in [0.1, 0.15) is 38.5 Å². The van der Waals surface area contributed by atoms with Crippen molar-refractivity contribution in [3.8, 4) is 0 Å². The number of hydrogen-bond acceptors (Lipinski definition) is 3. The van der Waals surface area contributed by atoms with E-state index in [-0.39, 0.29) is 5.97 Å². The highest BCUT2D eigenvalue weighted by molar-refractivity contribution is 5.69. The summed E-state index contributed by atoms with van der Waals surface area (Å²) in [6, 6.07) is 0.707. The Bertz CT molecular complexity index is 292. The van der Waals surface area contributed by atoms with Gasteiger partial charge in [0.2, 0.25) is 0 Å². The van der Waals surface area contributed by atoms with Crippen molar-refractivity contribution < 1.29 is 14.0 Å². The van der Waals surface area contributed by atoms with E-state index < -0.39 is 0 Å². The molecule has 2 heterocycles. The van der Waals surface area contributed by atoms with Crippen molar-refractivity contribution in [1.29, 1.82) is 0 Å². The molecule has 0 amide bonds. The molecule has 0 radical (unpaired) electrons. The van der Waals surface area contributed by atoms with E-state index >= 15 is 0 Å². The summed E-state index contributed by atoms with van der Waals surface area (Å²) in [6.45, 7) is 3.61. The van der Waals surface area contributed by atoms with Crippen molar-refractivity contribution in [1.82, 2.24) is 0 Å².